The first-order chi connectivity index (χ1) is 10.6. The van der Waals surface area contributed by atoms with Crippen LogP contribution in [0.25, 0.3) is 0 Å². The smallest absolute Gasteiger partial charge is 0.337 e. The fourth-order valence-corrected chi connectivity index (χ4v) is 2.33. The molecule has 0 spiro atoms. The van der Waals surface area contributed by atoms with Crippen molar-refractivity contribution >= 4 is 23.3 Å². The number of hydrogen-bond donors (Lipinski definition) is 2. The number of amides is 1. The van der Waals surface area contributed by atoms with Crippen molar-refractivity contribution in [1.29, 1.82) is 0 Å². The number of carbonyl (C=O) groups is 2. The molecule has 1 heterocycles. The molecule has 0 bridgehead atoms. The Labute approximate surface area is 126 Å². The molecule has 2 N–H and O–H groups in total. The molecule has 0 saturated carbocycles. The van der Waals surface area contributed by atoms with Gasteiger partial charge in [0.05, 0.1) is 24.0 Å². The van der Waals surface area contributed by atoms with E-state index >= 15 is 0 Å². The number of ether oxygens (including phenoxy) is 1. The summed E-state index contributed by atoms with van der Waals surface area (Å²) in [7, 11) is 1.29. The molecule has 1 unspecified atom stereocenters. The quantitative estimate of drug-likeness (QED) is 0.837. The maximum Gasteiger partial charge on any atom is 0.337 e. The van der Waals surface area contributed by atoms with Gasteiger partial charge in [0.1, 0.15) is 11.9 Å². The fourth-order valence-electron chi connectivity index (χ4n) is 2.33. The zero-order chi connectivity index (χ0) is 15.7. The molecule has 0 aliphatic carbocycles. The van der Waals surface area contributed by atoms with Crippen LogP contribution in [0.15, 0.2) is 42.5 Å². The second-order valence-corrected chi connectivity index (χ2v) is 4.87. The number of esters is 1. The molecule has 3 rings (SSSR count). The minimum atomic E-state index is -0.614. The highest BCUT2D eigenvalue weighted by Crippen LogP contribution is 2.33. The number of nitrogens with one attached hydrogen (secondary N) is 2. The summed E-state index contributed by atoms with van der Waals surface area (Å²) in [6, 6.07) is 9.96. The van der Waals surface area contributed by atoms with Gasteiger partial charge >= 0.3 is 5.97 Å². The molecule has 0 fully saturated rings. The number of hydrogen-bond acceptors (Lipinski definition) is 4. The van der Waals surface area contributed by atoms with Crippen LogP contribution < -0.4 is 10.6 Å². The Morgan fingerprint density at radius 3 is 2.55 bits per heavy atom. The predicted molar refractivity (Wildman–Crippen MR) is 79.2 cm³/mol. The summed E-state index contributed by atoms with van der Waals surface area (Å²) < 4.78 is 17.6. The van der Waals surface area contributed by atoms with E-state index < -0.39 is 12.0 Å². The lowest BCUT2D eigenvalue weighted by Gasteiger charge is -2.27. The molecular weight excluding hydrogens is 287 g/mol. The highest BCUT2D eigenvalue weighted by Gasteiger charge is 2.27. The molecule has 1 aliphatic rings. The molecular formula is C16H13FN2O3. The van der Waals surface area contributed by atoms with Crippen molar-refractivity contribution in [2.75, 3.05) is 17.7 Å². The molecule has 2 aromatic rings. The zero-order valence-corrected chi connectivity index (χ0v) is 11.7. The van der Waals surface area contributed by atoms with E-state index in [-0.39, 0.29) is 11.7 Å². The predicted octanol–water partition coefficient (Wildman–Crippen LogP) is 2.72. The Balaban J connectivity index is 1.91. The third-order valence-electron chi connectivity index (χ3n) is 3.46. The first-order valence-corrected chi connectivity index (χ1v) is 6.64. The van der Waals surface area contributed by atoms with Crippen LogP contribution in [0.1, 0.15) is 22.0 Å². The number of methoxy groups -OCH3 is 1. The van der Waals surface area contributed by atoms with Crippen molar-refractivity contribution in [1.82, 2.24) is 0 Å². The second-order valence-electron chi connectivity index (χ2n) is 4.87. The number of rotatable bonds is 2. The Hall–Kier alpha value is -2.89. The van der Waals surface area contributed by atoms with Crippen molar-refractivity contribution in [2.45, 2.75) is 6.04 Å². The third kappa shape index (κ3) is 2.50. The lowest BCUT2D eigenvalue weighted by molar-refractivity contribution is -0.117. The Kier molecular flexibility index (Phi) is 3.50. The molecule has 5 nitrogen and oxygen atoms in total. The van der Waals surface area contributed by atoms with Gasteiger partial charge in [0.15, 0.2) is 0 Å². The Morgan fingerprint density at radius 2 is 1.86 bits per heavy atom. The van der Waals surface area contributed by atoms with Gasteiger partial charge in [0, 0.05) is 0 Å². The van der Waals surface area contributed by atoms with Crippen LogP contribution in [-0.2, 0) is 9.53 Å². The van der Waals surface area contributed by atoms with Crippen molar-refractivity contribution in [2.24, 2.45) is 0 Å². The van der Waals surface area contributed by atoms with Crippen LogP contribution in [-0.4, -0.2) is 19.0 Å². The molecule has 6 heteroatoms. The van der Waals surface area contributed by atoms with E-state index in [1.54, 1.807) is 30.3 Å². The normalized spacial score (nSPS) is 16.3. The van der Waals surface area contributed by atoms with Crippen molar-refractivity contribution in [3.63, 3.8) is 0 Å². The number of fused-ring (bicyclic) bond motifs is 1. The number of carbonyl (C=O) groups excluding carboxylic acids is 2. The summed E-state index contributed by atoms with van der Waals surface area (Å²) in [5, 5.41) is 5.82. The molecule has 1 atom stereocenters. The van der Waals surface area contributed by atoms with Crippen molar-refractivity contribution in [3.8, 4) is 0 Å². The third-order valence-corrected chi connectivity index (χ3v) is 3.46. The summed E-state index contributed by atoms with van der Waals surface area (Å²) in [5.74, 6) is -1.11. The van der Waals surface area contributed by atoms with Crippen LogP contribution >= 0.6 is 0 Å². The Bertz CT molecular complexity index is 744. The highest BCUT2D eigenvalue weighted by atomic mass is 19.1. The van der Waals surface area contributed by atoms with Gasteiger partial charge in [0.25, 0.3) is 5.91 Å². The number of halogens is 1. The van der Waals surface area contributed by atoms with E-state index in [0.717, 1.165) is 0 Å². The molecule has 1 amide bonds. The van der Waals surface area contributed by atoms with Gasteiger partial charge in [-0.05, 0) is 35.9 Å². The summed E-state index contributed by atoms with van der Waals surface area (Å²) >= 11 is 0. The zero-order valence-electron chi connectivity index (χ0n) is 11.7. The first-order valence-electron chi connectivity index (χ1n) is 6.64. The number of benzene rings is 2. The van der Waals surface area contributed by atoms with Gasteiger partial charge in [-0.15, -0.1) is 0 Å². The molecule has 22 heavy (non-hydrogen) atoms. The maximum absolute atomic E-state index is 13.0. The van der Waals surface area contributed by atoms with Gasteiger partial charge in [-0.1, -0.05) is 12.1 Å². The van der Waals surface area contributed by atoms with E-state index in [1.807, 2.05) is 0 Å². The monoisotopic (exact) mass is 300 g/mol. The highest BCUT2D eigenvalue weighted by molar-refractivity contribution is 6.05. The fraction of sp³-hybridized carbons (Fsp3) is 0.125. The minimum Gasteiger partial charge on any atom is -0.465 e. The van der Waals surface area contributed by atoms with E-state index in [1.165, 1.54) is 19.2 Å². The summed E-state index contributed by atoms with van der Waals surface area (Å²) in [6.45, 7) is 0. The van der Waals surface area contributed by atoms with Gasteiger partial charge in [-0.3, -0.25) is 4.79 Å². The van der Waals surface area contributed by atoms with Gasteiger partial charge in [-0.25, -0.2) is 9.18 Å². The van der Waals surface area contributed by atoms with Crippen molar-refractivity contribution < 1.29 is 18.7 Å². The molecule has 2 aromatic carbocycles. The average molecular weight is 300 g/mol. The minimum absolute atomic E-state index is 0.277. The Morgan fingerprint density at radius 1 is 1.14 bits per heavy atom. The van der Waals surface area contributed by atoms with E-state index in [2.05, 4.69) is 15.4 Å². The standard InChI is InChI=1S/C16H13FN2O3/c1-22-16(21)10-4-7-12-13(8-10)19-15(20)14(18-12)9-2-5-11(17)6-3-9/h2-8,14,18H,1H3,(H,19,20). The van der Waals surface area contributed by atoms with Gasteiger partial charge in [0.2, 0.25) is 0 Å². The van der Waals surface area contributed by atoms with Crippen molar-refractivity contribution in [3.05, 3.63) is 59.4 Å². The van der Waals surface area contributed by atoms with Gasteiger partial charge in [-0.2, -0.15) is 0 Å². The summed E-state index contributed by atoms with van der Waals surface area (Å²) in [5.41, 5.74) is 2.19. The molecule has 0 saturated heterocycles. The largest absolute Gasteiger partial charge is 0.465 e. The van der Waals surface area contributed by atoms with Crippen LogP contribution in [0.3, 0.4) is 0 Å². The van der Waals surface area contributed by atoms with Crippen LogP contribution in [0.4, 0.5) is 15.8 Å². The van der Waals surface area contributed by atoms with E-state index in [9.17, 15) is 14.0 Å². The van der Waals surface area contributed by atoms with Crippen LogP contribution in [0.2, 0.25) is 0 Å². The number of anilines is 2. The van der Waals surface area contributed by atoms with Crippen LogP contribution in [0.5, 0.6) is 0 Å². The van der Waals surface area contributed by atoms with E-state index in [4.69, 9.17) is 0 Å². The molecule has 0 radical (unpaired) electrons. The maximum atomic E-state index is 13.0. The summed E-state index contributed by atoms with van der Waals surface area (Å²) in [6.07, 6.45) is 0. The average Bonchev–Trinajstić information content (AvgIpc) is 2.54. The topological polar surface area (TPSA) is 67.4 Å². The SMILES string of the molecule is COC(=O)c1ccc2c(c1)NC(=O)C(c1ccc(F)cc1)N2. The second kappa shape index (κ2) is 5.48. The lowest BCUT2D eigenvalue weighted by Crippen LogP contribution is -2.32. The van der Waals surface area contributed by atoms with Crippen LogP contribution in [0, 0.1) is 5.82 Å². The molecule has 1 aliphatic heterocycles. The molecule has 112 valence electrons. The molecule has 0 aromatic heterocycles. The lowest BCUT2D eigenvalue weighted by atomic mass is 10.0. The summed E-state index contributed by atoms with van der Waals surface area (Å²) in [4.78, 5) is 23.7. The first kappa shape index (κ1) is 14.1. The van der Waals surface area contributed by atoms with E-state index in [0.29, 0.717) is 22.5 Å². The van der Waals surface area contributed by atoms with Gasteiger partial charge < -0.3 is 15.4 Å².